The minimum absolute atomic E-state index is 0.0588. The zero-order valence-corrected chi connectivity index (χ0v) is 16.9. The van der Waals surface area contributed by atoms with E-state index in [1.54, 1.807) is 35.8 Å². The van der Waals surface area contributed by atoms with Crippen LogP contribution in [0.5, 0.6) is 0 Å². The van der Waals surface area contributed by atoms with Crippen LogP contribution in [0.1, 0.15) is 5.56 Å². The van der Waals surface area contributed by atoms with Gasteiger partial charge in [-0.1, -0.05) is 23.4 Å². The van der Waals surface area contributed by atoms with E-state index in [4.69, 9.17) is 15.5 Å². The van der Waals surface area contributed by atoms with Gasteiger partial charge in [0.15, 0.2) is 17.5 Å². The number of hydroxylamine groups is 1. The van der Waals surface area contributed by atoms with Crippen molar-refractivity contribution in [3.05, 3.63) is 66.1 Å². The molecule has 4 aromatic rings. The third kappa shape index (κ3) is 4.83. The molecule has 3 aromatic heterocycles. The van der Waals surface area contributed by atoms with E-state index in [2.05, 4.69) is 25.5 Å². The predicted octanol–water partition coefficient (Wildman–Crippen LogP) is 1.57. The van der Waals surface area contributed by atoms with Gasteiger partial charge in [-0.15, -0.1) is 0 Å². The van der Waals surface area contributed by atoms with E-state index in [0.29, 0.717) is 17.0 Å². The highest BCUT2D eigenvalue weighted by atomic mass is 19.1. The summed E-state index contributed by atoms with van der Waals surface area (Å²) in [5, 5.41) is 19.9. The summed E-state index contributed by atoms with van der Waals surface area (Å²) in [6, 6.07) is 8.32. The second-order valence-electron chi connectivity index (χ2n) is 6.90. The second kappa shape index (κ2) is 9.50. The van der Waals surface area contributed by atoms with Crippen molar-refractivity contribution in [2.24, 2.45) is 5.73 Å². The number of carbonyl (C=O) groups excluding carboxylic acids is 1. The summed E-state index contributed by atoms with van der Waals surface area (Å²) < 4.78 is 34.8. The minimum atomic E-state index is -1.17. The van der Waals surface area contributed by atoms with Crippen molar-refractivity contribution < 1.29 is 23.3 Å². The van der Waals surface area contributed by atoms with Crippen LogP contribution in [0.4, 0.5) is 14.6 Å². The molecule has 0 aliphatic carbocycles. The number of halogens is 2. The topological polar surface area (TPSA) is 157 Å². The number of aromatic nitrogens is 5. The molecule has 0 saturated heterocycles. The third-order valence-corrected chi connectivity index (χ3v) is 4.70. The first-order valence-electron chi connectivity index (χ1n) is 9.64. The van der Waals surface area contributed by atoms with Gasteiger partial charge in [0, 0.05) is 18.2 Å². The van der Waals surface area contributed by atoms with E-state index in [0.717, 1.165) is 6.20 Å². The van der Waals surface area contributed by atoms with Crippen LogP contribution >= 0.6 is 0 Å². The molecule has 1 aromatic carbocycles. The normalized spacial score (nSPS) is 12.0. The highest BCUT2D eigenvalue weighted by Gasteiger charge is 2.19. The maximum atomic E-state index is 14.2. The van der Waals surface area contributed by atoms with Crippen molar-refractivity contribution in [1.29, 1.82) is 0 Å². The van der Waals surface area contributed by atoms with Crippen LogP contribution in [0.25, 0.3) is 22.9 Å². The zero-order valence-electron chi connectivity index (χ0n) is 16.9. The number of primary amides is 1. The zero-order chi connectivity index (χ0) is 23.4. The van der Waals surface area contributed by atoms with E-state index < -0.39 is 23.6 Å². The Morgan fingerprint density at radius 2 is 2.03 bits per heavy atom. The molecule has 11 nitrogen and oxygen atoms in total. The average Bonchev–Trinajstić information content (AvgIpc) is 3.47. The lowest BCUT2D eigenvalue weighted by Crippen LogP contribution is -2.44. The monoisotopic (exact) mass is 456 g/mol. The van der Waals surface area contributed by atoms with Crippen LogP contribution in [-0.2, 0) is 11.3 Å². The SMILES string of the molecule is NC(=O)C(CNc1nc(-c2cc(-c3ccon3)n(Cc3ccccc3F)n2)ncc1F)NO. The van der Waals surface area contributed by atoms with Gasteiger partial charge < -0.3 is 20.8 Å². The molecule has 0 fully saturated rings. The van der Waals surface area contributed by atoms with Crippen molar-refractivity contribution in [2.45, 2.75) is 12.6 Å². The summed E-state index contributed by atoms with van der Waals surface area (Å²) in [7, 11) is 0. The smallest absolute Gasteiger partial charge is 0.238 e. The molecule has 0 spiro atoms. The molecule has 33 heavy (non-hydrogen) atoms. The number of rotatable bonds is 9. The van der Waals surface area contributed by atoms with E-state index >= 15 is 0 Å². The molecular formula is C20H18F2N8O3. The summed E-state index contributed by atoms with van der Waals surface area (Å²) in [6.45, 7) is -0.144. The molecule has 170 valence electrons. The second-order valence-corrected chi connectivity index (χ2v) is 6.90. The van der Waals surface area contributed by atoms with Gasteiger partial charge in [-0.3, -0.25) is 9.48 Å². The number of amides is 1. The minimum Gasteiger partial charge on any atom is -0.368 e. The molecule has 4 rings (SSSR count). The fourth-order valence-electron chi connectivity index (χ4n) is 3.01. The van der Waals surface area contributed by atoms with E-state index in [-0.39, 0.29) is 30.4 Å². The average molecular weight is 456 g/mol. The molecule has 3 heterocycles. The molecule has 5 N–H and O–H groups in total. The first-order valence-corrected chi connectivity index (χ1v) is 9.64. The summed E-state index contributed by atoms with van der Waals surface area (Å²) in [6.07, 6.45) is 2.32. The molecule has 0 radical (unpaired) electrons. The van der Waals surface area contributed by atoms with E-state index in [1.165, 1.54) is 17.0 Å². The molecule has 1 unspecified atom stereocenters. The number of hydrogen-bond donors (Lipinski definition) is 4. The highest BCUT2D eigenvalue weighted by molar-refractivity contribution is 5.80. The van der Waals surface area contributed by atoms with E-state index in [1.807, 2.05) is 0 Å². The van der Waals surface area contributed by atoms with Gasteiger partial charge in [-0.2, -0.15) is 10.6 Å². The standard InChI is InChI=1S/C20H18F2N8O3/c21-12-4-2-1-3-11(12)10-30-17(14-5-6-33-29-14)7-15(27-30)20-24-8-13(22)19(26-20)25-9-16(28-32)18(23)31/h1-8,16,28,32H,9-10H2,(H2,23,31)(H,24,25,26). The maximum absolute atomic E-state index is 14.2. The third-order valence-electron chi connectivity index (χ3n) is 4.70. The first kappa shape index (κ1) is 22.0. The fourth-order valence-corrected chi connectivity index (χ4v) is 3.01. The Bertz CT molecular complexity index is 1260. The van der Waals surface area contributed by atoms with Gasteiger partial charge in [0.1, 0.15) is 29.5 Å². The fraction of sp³-hybridized carbons (Fsp3) is 0.150. The van der Waals surface area contributed by atoms with Crippen molar-refractivity contribution in [3.63, 3.8) is 0 Å². The molecular weight excluding hydrogens is 438 g/mol. The number of nitrogens with zero attached hydrogens (tertiary/aromatic N) is 5. The van der Waals surface area contributed by atoms with Crippen molar-refractivity contribution in [3.8, 4) is 22.9 Å². The van der Waals surface area contributed by atoms with Crippen LogP contribution in [0.15, 0.2) is 53.4 Å². The molecule has 1 amide bonds. The first-order chi connectivity index (χ1) is 16.0. The van der Waals surface area contributed by atoms with Crippen LogP contribution in [-0.4, -0.2) is 48.6 Å². The maximum Gasteiger partial charge on any atom is 0.238 e. The molecule has 0 aliphatic heterocycles. The Kier molecular flexibility index (Phi) is 6.33. The number of nitrogens with two attached hydrogens (primary N) is 1. The number of carbonyl (C=O) groups is 1. The molecule has 13 heteroatoms. The number of hydrogen-bond acceptors (Lipinski definition) is 9. The van der Waals surface area contributed by atoms with Gasteiger partial charge >= 0.3 is 0 Å². The quantitative estimate of drug-likeness (QED) is 0.274. The van der Waals surface area contributed by atoms with Gasteiger partial charge in [0.25, 0.3) is 0 Å². The van der Waals surface area contributed by atoms with Crippen molar-refractivity contribution in [1.82, 2.24) is 30.4 Å². The van der Waals surface area contributed by atoms with E-state index in [9.17, 15) is 13.6 Å². The largest absolute Gasteiger partial charge is 0.368 e. The number of anilines is 1. The van der Waals surface area contributed by atoms with Gasteiger partial charge in [0.2, 0.25) is 5.91 Å². The Morgan fingerprint density at radius 3 is 2.73 bits per heavy atom. The lowest BCUT2D eigenvalue weighted by Gasteiger charge is -2.13. The summed E-state index contributed by atoms with van der Waals surface area (Å²) in [5.74, 6) is -2.20. The Hall–Kier alpha value is -4.23. The van der Waals surface area contributed by atoms with Crippen LogP contribution in [0.3, 0.4) is 0 Å². The Morgan fingerprint density at radius 1 is 1.21 bits per heavy atom. The van der Waals surface area contributed by atoms with Gasteiger partial charge in [-0.25, -0.2) is 18.7 Å². The number of nitrogens with one attached hydrogen (secondary N) is 2. The Balaban J connectivity index is 1.68. The Labute approximate surface area is 185 Å². The lowest BCUT2D eigenvalue weighted by atomic mass is 10.2. The van der Waals surface area contributed by atoms with Crippen LogP contribution in [0.2, 0.25) is 0 Å². The predicted molar refractivity (Wildman–Crippen MR) is 111 cm³/mol. The van der Waals surface area contributed by atoms with Crippen molar-refractivity contribution >= 4 is 11.7 Å². The summed E-state index contributed by atoms with van der Waals surface area (Å²) in [5.41, 5.74) is 8.47. The van der Waals surface area contributed by atoms with Crippen LogP contribution < -0.4 is 16.5 Å². The van der Waals surface area contributed by atoms with Gasteiger partial charge in [0.05, 0.1) is 18.4 Å². The summed E-state index contributed by atoms with van der Waals surface area (Å²) in [4.78, 5) is 19.3. The molecule has 0 aliphatic rings. The molecule has 0 bridgehead atoms. The van der Waals surface area contributed by atoms with Crippen LogP contribution in [0, 0.1) is 11.6 Å². The molecule has 0 saturated carbocycles. The van der Waals surface area contributed by atoms with Crippen molar-refractivity contribution in [2.75, 3.05) is 11.9 Å². The summed E-state index contributed by atoms with van der Waals surface area (Å²) >= 11 is 0. The highest BCUT2D eigenvalue weighted by Crippen LogP contribution is 2.26. The number of benzene rings is 1. The lowest BCUT2D eigenvalue weighted by molar-refractivity contribution is -0.122. The molecule has 1 atom stereocenters. The van der Waals surface area contributed by atoms with Gasteiger partial charge in [-0.05, 0) is 12.1 Å².